The van der Waals surface area contributed by atoms with E-state index in [2.05, 4.69) is 67.1 Å². The maximum absolute atomic E-state index is 5.91. The van der Waals surface area contributed by atoms with Crippen LogP contribution >= 0.6 is 15.9 Å². The smallest absolute Gasteiger partial charge is 0.133 e. The van der Waals surface area contributed by atoms with Gasteiger partial charge in [-0.1, -0.05) is 26.3 Å². The van der Waals surface area contributed by atoms with E-state index in [0.29, 0.717) is 6.04 Å². The molecule has 0 aliphatic heterocycles. The summed E-state index contributed by atoms with van der Waals surface area (Å²) in [6, 6.07) is 6.70. The quantitative estimate of drug-likeness (QED) is 0.788. The van der Waals surface area contributed by atoms with Crippen molar-refractivity contribution < 1.29 is 4.74 Å². The van der Waals surface area contributed by atoms with Crippen LogP contribution < -0.4 is 10.1 Å². The van der Waals surface area contributed by atoms with E-state index in [4.69, 9.17) is 4.74 Å². The van der Waals surface area contributed by atoms with Gasteiger partial charge in [0, 0.05) is 6.04 Å². The molecular weight excluding hydrogens is 290 g/mol. The molecule has 1 rings (SSSR count). The minimum Gasteiger partial charge on any atom is -0.490 e. The second-order valence-electron chi connectivity index (χ2n) is 4.69. The second-order valence-corrected chi connectivity index (χ2v) is 5.54. The van der Waals surface area contributed by atoms with Crippen molar-refractivity contribution in [2.75, 3.05) is 6.54 Å². The highest BCUT2D eigenvalue weighted by Gasteiger charge is 2.10. The Kier molecular flexibility index (Phi) is 6.72. The summed E-state index contributed by atoms with van der Waals surface area (Å²) >= 11 is 3.59. The van der Waals surface area contributed by atoms with Crippen molar-refractivity contribution in [3.8, 4) is 5.75 Å². The highest BCUT2D eigenvalue weighted by Crippen LogP contribution is 2.29. The Morgan fingerprint density at radius 2 is 2.00 bits per heavy atom. The Morgan fingerprint density at radius 1 is 1.28 bits per heavy atom. The van der Waals surface area contributed by atoms with E-state index >= 15 is 0 Å². The van der Waals surface area contributed by atoms with Crippen LogP contribution in [0.5, 0.6) is 5.75 Å². The van der Waals surface area contributed by atoms with E-state index in [-0.39, 0.29) is 6.10 Å². The van der Waals surface area contributed by atoms with Gasteiger partial charge >= 0.3 is 0 Å². The van der Waals surface area contributed by atoms with Crippen molar-refractivity contribution in [1.29, 1.82) is 0 Å². The molecule has 0 aliphatic carbocycles. The van der Waals surface area contributed by atoms with Crippen LogP contribution in [0.25, 0.3) is 0 Å². The molecule has 102 valence electrons. The zero-order chi connectivity index (χ0) is 13.5. The Hall–Kier alpha value is -0.540. The average molecular weight is 314 g/mol. The lowest BCUT2D eigenvalue weighted by Gasteiger charge is -2.18. The predicted octanol–water partition coefficient (Wildman–Crippen LogP) is 4.69. The first-order valence-electron chi connectivity index (χ1n) is 6.77. The van der Waals surface area contributed by atoms with E-state index in [0.717, 1.165) is 29.6 Å². The lowest BCUT2D eigenvalue weighted by Crippen LogP contribution is -2.17. The molecule has 0 spiro atoms. The van der Waals surface area contributed by atoms with Gasteiger partial charge in [-0.05, 0) is 60.4 Å². The fourth-order valence-electron chi connectivity index (χ4n) is 1.99. The van der Waals surface area contributed by atoms with Crippen molar-refractivity contribution in [2.24, 2.45) is 0 Å². The SMILES string of the molecule is CCCC(C)Oc1ccc(C(C)NCC)cc1Br. The minimum absolute atomic E-state index is 0.267. The van der Waals surface area contributed by atoms with Gasteiger partial charge in [-0.3, -0.25) is 0 Å². The molecule has 1 aromatic rings. The molecule has 0 aliphatic rings. The maximum Gasteiger partial charge on any atom is 0.133 e. The summed E-state index contributed by atoms with van der Waals surface area (Å²) in [5.41, 5.74) is 1.28. The molecule has 2 nitrogen and oxygen atoms in total. The summed E-state index contributed by atoms with van der Waals surface area (Å²) in [4.78, 5) is 0. The molecular formula is C15H24BrNO. The number of hydrogen-bond donors (Lipinski definition) is 1. The van der Waals surface area contributed by atoms with Crippen LogP contribution in [0.1, 0.15) is 52.1 Å². The molecule has 2 atom stereocenters. The third-order valence-electron chi connectivity index (χ3n) is 2.99. The van der Waals surface area contributed by atoms with E-state index in [9.17, 15) is 0 Å². The number of hydrogen-bond acceptors (Lipinski definition) is 2. The van der Waals surface area contributed by atoms with Gasteiger partial charge in [-0.2, -0.15) is 0 Å². The number of nitrogens with one attached hydrogen (secondary N) is 1. The lowest BCUT2D eigenvalue weighted by molar-refractivity contribution is 0.208. The van der Waals surface area contributed by atoms with E-state index in [1.54, 1.807) is 0 Å². The molecule has 0 amide bonds. The summed E-state index contributed by atoms with van der Waals surface area (Å²) in [5, 5.41) is 3.41. The molecule has 0 aromatic heterocycles. The Labute approximate surface area is 119 Å². The first-order valence-corrected chi connectivity index (χ1v) is 7.57. The van der Waals surface area contributed by atoms with Gasteiger partial charge < -0.3 is 10.1 Å². The van der Waals surface area contributed by atoms with E-state index in [1.807, 2.05) is 0 Å². The Balaban J connectivity index is 2.73. The van der Waals surface area contributed by atoms with Gasteiger partial charge in [-0.25, -0.2) is 0 Å². The van der Waals surface area contributed by atoms with Crippen molar-refractivity contribution in [1.82, 2.24) is 5.32 Å². The topological polar surface area (TPSA) is 21.3 Å². The van der Waals surface area contributed by atoms with E-state index < -0.39 is 0 Å². The van der Waals surface area contributed by atoms with Gasteiger partial charge in [0.2, 0.25) is 0 Å². The summed E-state index contributed by atoms with van der Waals surface area (Å²) in [7, 11) is 0. The van der Waals surface area contributed by atoms with Crippen molar-refractivity contribution in [2.45, 2.75) is 52.7 Å². The van der Waals surface area contributed by atoms with Crippen LogP contribution in [-0.4, -0.2) is 12.6 Å². The fourth-order valence-corrected chi connectivity index (χ4v) is 2.48. The zero-order valence-electron chi connectivity index (χ0n) is 11.8. The first kappa shape index (κ1) is 15.5. The van der Waals surface area contributed by atoms with Gasteiger partial charge in [0.1, 0.15) is 5.75 Å². The average Bonchev–Trinajstić information content (AvgIpc) is 2.32. The molecule has 0 saturated heterocycles. The summed E-state index contributed by atoms with van der Waals surface area (Å²) in [6.07, 6.45) is 2.50. The lowest BCUT2D eigenvalue weighted by atomic mass is 10.1. The number of benzene rings is 1. The second kappa shape index (κ2) is 7.80. The van der Waals surface area contributed by atoms with Crippen LogP contribution in [0.4, 0.5) is 0 Å². The van der Waals surface area contributed by atoms with Gasteiger partial charge in [0.15, 0.2) is 0 Å². The molecule has 3 heteroatoms. The van der Waals surface area contributed by atoms with Crippen molar-refractivity contribution in [3.63, 3.8) is 0 Å². The predicted molar refractivity (Wildman–Crippen MR) is 81.2 cm³/mol. The standard InChI is InChI=1S/C15H24BrNO/c1-5-7-11(3)18-15-9-8-13(10-14(15)16)12(4)17-6-2/h8-12,17H,5-7H2,1-4H3. The molecule has 1 N–H and O–H groups in total. The van der Waals surface area contributed by atoms with Crippen LogP contribution in [0.3, 0.4) is 0 Å². The summed E-state index contributed by atoms with van der Waals surface area (Å²) in [5.74, 6) is 0.934. The third kappa shape index (κ3) is 4.62. The first-order chi connectivity index (χ1) is 8.58. The number of halogens is 1. The zero-order valence-corrected chi connectivity index (χ0v) is 13.4. The van der Waals surface area contributed by atoms with Crippen molar-refractivity contribution in [3.05, 3.63) is 28.2 Å². The highest BCUT2D eigenvalue weighted by atomic mass is 79.9. The molecule has 18 heavy (non-hydrogen) atoms. The molecule has 2 unspecified atom stereocenters. The third-order valence-corrected chi connectivity index (χ3v) is 3.61. The highest BCUT2D eigenvalue weighted by molar-refractivity contribution is 9.10. The fraction of sp³-hybridized carbons (Fsp3) is 0.600. The van der Waals surface area contributed by atoms with Crippen LogP contribution in [0.15, 0.2) is 22.7 Å². The van der Waals surface area contributed by atoms with Crippen LogP contribution in [-0.2, 0) is 0 Å². The maximum atomic E-state index is 5.91. The summed E-state index contributed by atoms with van der Waals surface area (Å²) in [6.45, 7) is 9.56. The van der Waals surface area contributed by atoms with Gasteiger partial charge in [0.05, 0.1) is 10.6 Å². The van der Waals surface area contributed by atoms with E-state index in [1.165, 1.54) is 5.56 Å². The molecule has 0 radical (unpaired) electrons. The van der Waals surface area contributed by atoms with Gasteiger partial charge in [-0.15, -0.1) is 0 Å². The van der Waals surface area contributed by atoms with Crippen LogP contribution in [0, 0.1) is 0 Å². The Bertz CT molecular complexity index is 368. The van der Waals surface area contributed by atoms with Gasteiger partial charge in [0.25, 0.3) is 0 Å². The molecule has 0 fully saturated rings. The number of ether oxygens (including phenoxy) is 1. The van der Waals surface area contributed by atoms with Crippen molar-refractivity contribution >= 4 is 15.9 Å². The monoisotopic (exact) mass is 313 g/mol. The molecule has 0 saturated carbocycles. The molecule has 0 bridgehead atoms. The molecule has 1 aromatic carbocycles. The number of rotatable bonds is 7. The van der Waals surface area contributed by atoms with Crippen LogP contribution in [0.2, 0.25) is 0 Å². The Morgan fingerprint density at radius 3 is 2.56 bits per heavy atom. The largest absolute Gasteiger partial charge is 0.490 e. The normalized spacial score (nSPS) is 14.3. The molecule has 0 heterocycles. The summed E-state index contributed by atoms with van der Waals surface area (Å²) < 4.78 is 6.95. The minimum atomic E-state index is 0.267.